The van der Waals surface area contributed by atoms with E-state index in [1.807, 2.05) is 13.8 Å². The summed E-state index contributed by atoms with van der Waals surface area (Å²) < 4.78 is 5.26. The highest BCUT2D eigenvalue weighted by atomic mass is 32.1. The Morgan fingerprint density at radius 1 is 1.24 bits per heavy atom. The molecule has 0 radical (unpaired) electrons. The van der Waals surface area contributed by atoms with Crippen LogP contribution in [0.3, 0.4) is 0 Å². The lowest BCUT2D eigenvalue weighted by molar-refractivity contribution is 0.0735. The molecule has 1 aromatic heterocycles. The molecule has 1 aromatic rings. The molecule has 0 aliphatic carbocycles. The Morgan fingerprint density at radius 2 is 1.76 bits per heavy atom. The van der Waals surface area contributed by atoms with Gasteiger partial charge in [0.25, 0.3) is 0 Å². The van der Waals surface area contributed by atoms with E-state index in [0.717, 1.165) is 6.42 Å². The normalized spacial score (nSPS) is 12.9. The topological polar surface area (TPSA) is 30.2 Å². The van der Waals surface area contributed by atoms with Gasteiger partial charge in [-0.3, -0.25) is 4.79 Å². The maximum absolute atomic E-state index is 12.4. The van der Waals surface area contributed by atoms with Gasteiger partial charge in [-0.15, -0.1) is 25.3 Å². The average molecular weight is 272 g/mol. The quantitative estimate of drug-likeness (QED) is 0.627. The predicted molar refractivity (Wildman–Crippen MR) is 75.4 cm³/mol. The summed E-state index contributed by atoms with van der Waals surface area (Å²) in [7, 11) is 0. The Labute approximate surface area is 114 Å². The summed E-state index contributed by atoms with van der Waals surface area (Å²) in [6, 6.07) is 0. The number of Topliss-reactive ketones (excluding diaryl/α,β-unsaturated/α-hetero) is 1. The van der Waals surface area contributed by atoms with Crippen LogP contribution in [0.5, 0.6) is 0 Å². The maximum atomic E-state index is 12.4. The molecule has 0 saturated heterocycles. The third-order valence-electron chi connectivity index (χ3n) is 2.54. The predicted octanol–water partition coefficient (Wildman–Crippen LogP) is 4.50. The van der Waals surface area contributed by atoms with Gasteiger partial charge in [-0.05, 0) is 11.8 Å². The minimum absolute atomic E-state index is 0.0160. The molecular weight excluding hydrogens is 252 g/mol. The number of carbonyl (C=O) groups excluding carboxylic acids is 1. The van der Waals surface area contributed by atoms with Crippen molar-refractivity contribution >= 4 is 31.0 Å². The number of hydrogen-bond acceptors (Lipinski definition) is 4. The zero-order valence-corrected chi connectivity index (χ0v) is 12.8. The molecule has 0 atom stereocenters. The standard InChI is InChI=1S/C13H20O2S2/c1-12(2,3)7-13(4,5)11(14)9-10(17)8(16)6-15-9/h6,16-17H,7H2,1-5H3. The Bertz CT molecular complexity index is 425. The van der Waals surface area contributed by atoms with Gasteiger partial charge in [0.15, 0.2) is 5.76 Å². The second-order valence-corrected chi connectivity index (χ2v) is 7.18. The third-order valence-corrected chi connectivity index (χ3v) is 3.49. The molecule has 1 rings (SSSR count). The van der Waals surface area contributed by atoms with E-state index >= 15 is 0 Å². The Kier molecular flexibility index (Phi) is 4.09. The lowest BCUT2D eigenvalue weighted by atomic mass is 9.73. The van der Waals surface area contributed by atoms with Crippen LogP contribution < -0.4 is 0 Å². The SMILES string of the molecule is CC(C)(C)CC(C)(C)C(=O)c1occ(S)c1S. The highest BCUT2D eigenvalue weighted by molar-refractivity contribution is 7.83. The first-order valence-electron chi connectivity index (χ1n) is 5.59. The van der Waals surface area contributed by atoms with Gasteiger partial charge in [0.1, 0.15) is 6.26 Å². The van der Waals surface area contributed by atoms with Gasteiger partial charge in [-0.25, -0.2) is 0 Å². The van der Waals surface area contributed by atoms with Crippen LogP contribution in [0.25, 0.3) is 0 Å². The van der Waals surface area contributed by atoms with Gasteiger partial charge in [0.05, 0.1) is 9.79 Å². The molecule has 2 nitrogen and oxygen atoms in total. The van der Waals surface area contributed by atoms with Crippen molar-refractivity contribution in [3.8, 4) is 0 Å². The minimum atomic E-state index is -0.464. The van der Waals surface area contributed by atoms with Crippen LogP contribution >= 0.6 is 25.3 Å². The lowest BCUT2D eigenvalue weighted by Gasteiger charge is -2.30. The van der Waals surface area contributed by atoms with Crippen molar-refractivity contribution in [1.82, 2.24) is 0 Å². The van der Waals surface area contributed by atoms with Crippen molar-refractivity contribution < 1.29 is 9.21 Å². The molecule has 1 heterocycles. The van der Waals surface area contributed by atoms with Crippen LogP contribution in [0, 0.1) is 10.8 Å². The molecule has 0 saturated carbocycles. The first-order valence-corrected chi connectivity index (χ1v) is 6.48. The van der Waals surface area contributed by atoms with Crippen molar-refractivity contribution in [2.75, 3.05) is 0 Å². The summed E-state index contributed by atoms with van der Waals surface area (Å²) in [5.74, 6) is 0.297. The zero-order valence-electron chi connectivity index (χ0n) is 11.0. The molecule has 4 heteroatoms. The fourth-order valence-electron chi connectivity index (χ4n) is 2.22. The van der Waals surface area contributed by atoms with Crippen LogP contribution in [-0.2, 0) is 0 Å². The van der Waals surface area contributed by atoms with Crippen molar-refractivity contribution in [3.05, 3.63) is 12.0 Å². The summed E-state index contributed by atoms with van der Waals surface area (Å²) in [5, 5.41) is 0. The van der Waals surface area contributed by atoms with Crippen molar-refractivity contribution in [3.63, 3.8) is 0 Å². The number of carbonyl (C=O) groups is 1. The maximum Gasteiger partial charge on any atom is 0.204 e. The second kappa shape index (κ2) is 4.73. The monoisotopic (exact) mass is 272 g/mol. The van der Waals surface area contributed by atoms with Crippen LogP contribution in [0.1, 0.15) is 51.6 Å². The number of furan rings is 1. The molecule has 0 aliphatic heterocycles. The summed E-state index contributed by atoms with van der Waals surface area (Å²) in [5.41, 5.74) is -0.375. The van der Waals surface area contributed by atoms with E-state index < -0.39 is 5.41 Å². The Hall–Kier alpha value is -0.350. The zero-order chi connectivity index (χ0) is 13.4. The summed E-state index contributed by atoms with van der Waals surface area (Å²) in [4.78, 5) is 13.5. The van der Waals surface area contributed by atoms with E-state index in [4.69, 9.17) is 4.42 Å². The van der Waals surface area contributed by atoms with E-state index in [2.05, 4.69) is 46.0 Å². The van der Waals surface area contributed by atoms with Gasteiger partial charge in [0, 0.05) is 5.41 Å². The van der Waals surface area contributed by atoms with Gasteiger partial charge < -0.3 is 4.42 Å². The lowest BCUT2D eigenvalue weighted by Crippen LogP contribution is -2.29. The molecule has 0 N–H and O–H groups in total. The van der Waals surface area contributed by atoms with E-state index in [1.165, 1.54) is 6.26 Å². The van der Waals surface area contributed by atoms with Gasteiger partial charge in [-0.2, -0.15) is 0 Å². The summed E-state index contributed by atoms with van der Waals surface area (Å²) in [6.45, 7) is 10.2. The molecule has 0 aromatic carbocycles. The van der Waals surface area contributed by atoms with Crippen molar-refractivity contribution in [1.29, 1.82) is 0 Å². The van der Waals surface area contributed by atoms with Crippen molar-refractivity contribution in [2.24, 2.45) is 10.8 Å². The molecule has 0 aliphatic rings. The van der Waals surface area contributed by atoms with E-state index in [1.54, 1.807) is 0 Å². The van der Waals surface area contributed by atoms with Crippen molar-refractivity contribution in [2.45, 2.75) is 50.8 Å². The smallest absolute Gasteiger partial charge is 0.204 e. The number of thiol groups is 2. The van der Waals surface area contributed by atoms with Gasteiger partial charge in [0.2, 0.25) is 5.78 Å². The number of hydrogen-bond donors (Lipinski definition) is 2. The number of ketones is 1. The summed E-state index contributed by atoms with van der Waals surface area (Å²) in [6.07, 6.45) is 2.24. The summed E-state index contributed by atoms with van der Waals surface area (Å²) >= 11 is 8.43. The molecule has 0 bridgehead atoms. The van der Waals surface area contributed by atoms with E-state index in [9.17, 15) is 4.79 Å². The highest BCUT2D eigenvalue weighted by Crippen LogP contribution is 2.38. The Balaban J connectivity index is 3.01. The molecule has 0 fully saturated rings. The molecule has 17 heavy (non-hydrogen) atoms. The number of rotatable bonds is 3. The van der Waals surface area contributed by atoms with Crippen LogP contribution in [-0.4, -0.2) is 5.78 Å². The van der Waals surface area contributed by atoms with Gasteiger partial charge >= 0.3 is 0 Å². The molecule has 0 amide bonds. The third kappa shape index (κ3) is 3.55. The van der Waals surface area contributed by atoms with E-state index in [-0.39, 0.29) is 11.2 Å². The largest absolute Gasteiger partial charge is 0.459 e. The molecule has 0 spiro atoms. The van der Waals surface area contributed by atoms with Crippen LogP contribution in [0.15, 0.2) is 20.5 Å². The first-order chi connectivity index (χ1) is 7.54. The first kappa shape index (κ1) is 14.7. The Morgan fingerprint density at radius 3 is 2.12 bits per heavy atom. The molecule has 0 unspecified atom stereocenters. The van der Waals surface area contributed by atoms with Crippen LogP contribution in [0.4, 0.5) is 0 Å². The average Bonchev–Trinajstić information content (AvgIpc) is 2.42. The molecular formula is C13H20O2S2. The van der Waals surface area contributed by atoms with Gasteiger partial charge in [-0.1, -0.05) is 34.6 Å². The molecule has 96 valence electrons. The van der Waals surface area contributed by atoms with Crippen LogP contribution in [0.2, 0.25) is 0 Å². The fraction of sp³-hybridized carbons (Fsp3) is 0.615. The fourth-order valence-corrected chi connectivity index (χ4v) is 2.58. The minimum Gasteiger partial charge on any atom is -0.459 e. The highest BCUT2D eigenvalue weighted by Gasteiger charge is 2.36. The second-order valence-electron chi connectivity index (χ2n) is 6.25. The van der Waals surface area contributed by atoms with E-state index in [0.29, 0.717) is 15.6 Å².